The minimum absolute atomic E-state index is 0.0467. The van der Waals surface area contributed by atoms with Gasteiger partial charge in [-0.25, -0.2) is 15.0 Å². The zero-order chi connectivity index (χ0) is 19.7. The molecule has 3 heterocycles. The lowest BCUT2D eigenvalue weighted by atomic mass is 10.1. The largest absolute Gasteiger partial charge is 0.480 e. The number of imidazole rings is 1. The molecule has 27 heavy (non-hydrogen) atoms. The number of ether oxygens (including phenoxy) is 1. The lowest BCUT2D eigenvalue weighted by Gasteiger charge is -2.30. The first-order chi connectivity index (χ1) is 12.8. The summed E-state index contributed by atoms with van der Waals surface area (Å²) in [5.74, 6) is -2.48. The first kappa shape index (κ1) is 18.9. The molecule has 1 aliphatic rings. The van der Waals surface area contributed by atoms with Crippen LogP contribution in [0.15, 0.2) is 12.7 Å². The number of aliphatic hydroxyl groups excluding tert-OH is 2. The molecule has 1 saturated heterocycles. The Morgan fingerprint density at radius 3 is 2.59 bits per heavy atom. The smallest absolute Gasteiger partial charge is 0.317 e. The van der Waals surface area contributed by atoms with E-state index < -0.39 is 49.7 Å². The average Bonchev–Trinajstić information content (AvgIpc) is 3.17. The molecule has 0 saturated carbocycles. The van der Waals surface area contributed by atoms with Gasteiger partial charge in [-0.05, 0) is 0 Å². The number of anilines is 1. The predicted molar refractivity (Wildman–Crippen MR) is 87.1 cm³/mol. The topological polar surface area (TPSA) is 197 Å². The third-order valence-corrected chi connectivity index (χ3v) is 4.18. The van der Waals surface area contributed by atoms with E-state index in [2.05, 4.69) is 15.0 Å². The molecule has 4 atom stereocenters. The van der Waals surface area contributed by atoms with Crippen molar-refractivity contribution in [2.75, 3.05) is 18.8 Å². The van der Waals surface area contributed by atoms with E-state index >= 15 is 0 Å². The van der Waals surface area contributed by atoms with Crippen molar-refractivity contribution >= 4 is 28.9 Å². The second kappa shape index (κ2) is 7.40. The number of aromatic nitrogens is 4. The number of aliphatic carboxylic acids is 2. The molecule has 0 amide bonds. The number of rotatable bonds is 7. The van der Waals surface area contributed by atoms with Crippen LogP contribution in [-0.4, -0.2) is 88.3 Å². The Kier molecular flexibility index (Phi) is 5.18. The van der Waals surface area contributed by atoms with Crippen molar-refractivity contribution in [3.63, 3.8) is 0 Å². The van der Waals surface area contributed by atoms with Gasteiger partial charge in [-0.3, -0.25) is 19.1 Å². The number of nitrogen functional groups attached to an aromatic ring is 1. The SMILES string of the molecule is Nc1ncnc2c1ncn2[C@H]1C[C@H](O)[C@@H](C(O)N(CC(=O)O)CC(=O)O)O1. The molecule has 1 unspecified atom stereocenters. The van der Waals surface area contributed by atoms with Crippen LogP contribution in [0.5, 0.6) is 0 Å². The number of hydrogen-bond acceptors (Lipinski definition) is 10. The number of nitrogens with zero attached hydrogens (tertiary/aromatic N) is 5. The Balaban J connectivity index is 1.81. The molecular formula is C14H18N6O7. The van der Waals surface area contributed by atoms with Gasteiger partial charge in [-0.2, -0.15) is 0 Å². The number of nitrogens with two attached hydrogens (primary N) is 1. The summed E-state index contributed by atoms with van der Waals surface area (Å²) in [5, 5.41) is 38.5. The summed E-state index contributed by atoms with van der Waals surface area (Å²) in [6.07, 6.45) is -2.13. The minimum atomic E-state index is -1.65. The lowest BCUT2D eigenvalue weighted by molar-refractivity contribution is -0.163. The van der Waals surface area contributed by atoms with E-state index in [1.165, 1.54) is 17.2 Å². The van der Waals surface area contributed by atoms with Gasteiger partial charge in [0.25, 0.3) is 0 Å². The first-order valence-corrected chi connectivity index (χ1v) is 7.90. The van der Waals surface area contributed by atoms with Gasteiger partial charge in [-0.15, -0.1) is 0 Å². The molecular weight excluding hydrogens is 364 g/mol. The van der Waals surface area contributed by atoms with Crippen LogP contribution >= 0.6 is 0 Å². The fourth-order valence-corrected chi connectivity index (χ4v) is 3.00. The van der Waals surface area contributed by atoms with Crippen molar-refractivity contribution in [1.82, 2.24) is 24.4 Å². The predicted octanol–water partition coefficient (Wildman–Crippen LogP) is -2.15. The van der Waals surface area contributed by atoms with Gasteiger partial charge in [0.05, 0.1) is 25.5 Å². The number of carboxylic acid groups (broad SMARTS) is 2. The summed E-state index contributed by atoms with van der Waals surface area (Å²) in [5.41, 5.74) is 6.44. The van der Waals surface area contributed by atoms with Crippen LogP contribution in [0.1, 0.15) is 12.6 Å². The number of carboxylic acids is 2. The van der Waals surface area contributed by atoms with Crippen LogP contribution in [0.2, 0.25) is 0 Å². The maximum atomic E-state index is 10.9. The molecule has 2 aromatic rings. The van der Waals surface area contributed by atoms with Gasteiger partial charge in [0.15, 0.2) is 11.5 Å². The fourth-order valence-electron chi connectivity index (χ4n) is 3.00. The van der Waals surface area contributed by atoms with Gasteiger partial charge < -0.3 is 30.9 Å². The van der Waals surface area contributed by atoms with Crippen LogP contribution in [0.3, 0.4) is 0 Å². The average molecular weight is 382 g/mol. The molecule has 13 nitrogen and oxygen atoms in total. The van der Waals surface area contributed by atoms with Crippen molar-refractivity contribution in [3.8, 4) is 0 Å². The van der Waals surface area contributed by atoms with E-state index in [0.717, 1.165) is 4.90 Å². The molecule has 2 aromatic heterocycles. The van der Waals surface area contributed by atoms with Gasteiger partial charge in [0.1, 0.15) is 30.4 Å². The molecule has 1 aliphatic heterocycles. The van der Waals surface area contributed by atoms with Gasteiger partial charge >= 0.3 is 11.9 Å². The third kappa shape index (κ3) is 3.80. The first-order valence-electron chi connectivity index (χ1n) is 7.90. The molecule has 6 N–H and O–H groups in total. The van der Waals surface area contributed by atoms with E-state index in [4.69, 9.17) is 20.7 Å². The Bertz CT molecular complexity index is 842. The molecule has 0 aromatic carbocycles. The van der Waals surface area contributed by atoms with E-state index in [1.807, 2.05) is 0 Å². The highest BCUT2D eigenvalue weighted by Crippen LogP contribution is 2.33. The van der Waals surface area contributed by atoms with E-state index in [0.29, 0.717) is 11.2 Å². The third-order valence-electron chi connectivity index (χ3n) is 4.18. The van der Waals surface area contributed by atoms with Crippen molar-refractivity contribution < 1.29 is 34.8 Å². The van der Waals surface area contributed by atoms with Gasteiger partial charge in [0.2, 0.25) is 0 Å². The number of fused-ring (bicyclic) bond motifs is 1. The van der Waals surface area contributed by atoms with Crippen LogP contribution in [-0.2, 0) is 14.3 Å². The monoisotopic (exact) mass is 382 g/mol. The fraction of sp³-hybridized carbons (Fsp3) is 0.500. The Morgan fingerprint density at radius 1 is 1.30 bits per heavy atom. The summed E-state index contributed by atoms with van der Waals surface area (Å²) in [6.45, 7) is -1.47. The highest BCUT2D eigenvalue weighted by atomic mass is 16.5. The van der Waals surface area contributed by atoms with Crippen LogP contribution in [0.4, 0.5) is 5.82 Å². The number of carbonyl (C=O) groups is 2. The van der Waals surface area contributed by atoms with Crippen LogP contribution in [0.25, 0.3) is 11.2 Å². The van der Waals surface area contributed by atoms with E-state index in [1.54, 1.807) is 0 Å². The summed E-state index contributed by atoms with van der Waals surface area (Å²) in [7, 11) is 0. The molecule has 13 heteroatoms. The maximum Gasteiger partial charge on any atom is 0.317 e. The Morgan fingerprint density at radius 2 is 1.96 bits per heavy atom. The molecule has 0 aliphatic carbocycles. The standard InChI is InChI=1S/C14H18N6O7/c15-12-10-13(17-4-16-12)20(5-18-10)7-1-6(21)11(27-7)14(26)19(2-8(22)23)3-9(24)25/h4-7,11,14,21,26H,1-3H2,(H,22,23)(H,24,25)(H2,15,16,17)/t6-,7+,11-,14?/m0/s1. The molecule has 0 spiro atoms. The summed E-state index contributed by atoms with van der Waals surface area (Å²) >= 11 is 0. The number of aliphatic hydroxyl groups is 2. The zero-order valence-electron chi connectivity index (χ0n) is 13.9. The van der Waals surface area contributed by atoms with E-state index in [9.17, 15) is 19.8 Å². The normalized spacial score (nSPS) is 23.7. The quantitative estimate of drug-likeness (QED) is 0.326. The minimum Gasteiger partial charge on any atom is -0.480 e. The van der Waals surface area contributed by atoms with Crippen LogP contribution < -0.4 is 5.73 Å². The van der Waals surface area contributed by atoms with Crippen molar-refractivity contribution in [2.24, 2.45) is 0 Å². The second-order valence-corrected chi connectivity index (χ2v) is 6.05. The second-order valence-electron chi connectivity index (χ2n) is 6.05. The van der Waals surface area contributed by atoms with Crippen LogP contribution in [0, 0.1) is 0 Å². The zero-order valence-corrected chi connectivity index (χ0v) is 13.9. The Labute approximate surface area is 151 Å². The molecule has 3 rings (SSSR count). The molecule has 0 radical (unpaired) electrons. The lowest BCUT2D eigenvalue weighted by Crippen LogP contribution is -2.51. The van der Waals surface area contributed by atoms with Gasteiger partial charge in [0, 0.05) is 6.42 Å². The Hall–Kier alpha value is -2.87. The van der Waals surface area contributed by atoms with Crippen molar-refractivity contribution in [3.05, 3.63) is 12.7 Å². The summed E-state index contributed by atoms with van der Waals surface area (Å²) in [6, 6.07) is 0. The van der Waals surface area contributed by atoms with Crippen molar-refractivity contribution in [2.45, 2.75) is 31.1 Å². The highest BCUT2D eigenvalue weighted by molar-refractivity contribution is 5.81. The van der Waals surface area contributed by atoms with Crippen molar-refractivity contribution in [1.29, 1.82) is 0 Å². The number of hydrogen-bond donors (Lipinski definition) is 5. The molecule has 0 bridgehead atoms. The molecule has 146 valence electrons. The molecule has 1 fully saturated rings. The maximum absolute atomic E-state index is 10.9. The summed E-state index contributed by atoms with van der Waals surface area (Å²) < 4.78 is 7.17. The van der Waals surface area contributed by atoms with E-state index in [-0.39, 0.29) is 12.2 Å². The van der Waals surface area contributed by atoms with Gasteiger partial charge in [-0.1, -0.05) is 0 Å². The summed E-state index contributed by atoms with van der Waals surface area (Å²) in [4.78, 5) is 34.6. The highest BCUT2D eigenvalue weighted by Gasteiger charge is 2.42.